The van der Waals surface area contributed by atoms with Gasteiger partial charge in [-0.15, -0.1) is 0 Å². The number of hydrogen-bond donors (Lipinski definition) is 1. The fraction of sp³-hybridized carbons (Fsp3) is 0.375. The zero-order valence-electron chi connectivity index (χ0n) is 17.1. The van der Waals surface area contributed by atoms with Gasteiger partial charge >= 0.3 is 0 Å². The van der Waals surface area contributed by atoms with Gasteiger partial charge in [-0.25, -0.2) is 0 Å². The van der Waals surface area contributed by atoms with Gasteiger partial charge in [0.2, 0.25) is 5.91 Å². The van der Waals surface area contributed by atoms with Gasteiger partial charge in [0.15, 0.2) is 0 Å². The van der Waals surface area contributed by atoms with Crippen LogP contribution in [0.4, 0.5) is 0 Å². The van der Waals surface area contributed by atoms with E-state index in [0.717, 1.165) is 43.1 Å². The van der Waals surface area contributed by atoms with Crippen LogP contribution in [0.1, 0.15) is 29.5 Å². The van der Waals surface area contributed by atoms with Gasteiger partial charge in [-0.1, -0.05) is 41.4 Å². The molecule has 29 heavy (non-hydrogen) atoms. The second-order valence-electron chi connectivity index (χ2n) is 8.18. The number of piperidine rings is 1. The number of likely N-dealkylation sites (tertiary alicyclic amines) is 1. The second kappa shape index (κ2) is 8.60. The summed E-state index contributed by atoms with van der Waals surface area (Å²) in [5, 5.41) is 5.10. The summed E-state index contributed by atoms with van der Waals surface area (Å²) < 4.78 is 2.16. The van der Waals surface area contributed by atoms with Gasteiger partial charge in [0, 0.05) is 48.2 Å². The molecule has 0 spiro atoms. The van der Waals surface area contributed by atoms with E-state index in [-0.39, 0.29) is 11.8 Å². The maximum Gasteiger partial charge on any atom is 0.223 e. The fourth-order valence-electron chi connectivity index (χ4n) is 4.21. The lowest BCUT2D eigenvalue weighted by Gasteiger charge is -2.31. The van der Waals surface area contributed by atoms with Crippen molar-refractivity contribution in [2.75, 3.05) is 13.1 Å². The Balaban J connectivity index is 1.31. The number of halogens is 1. The predicted molar refractivity (Wildman–Crippen MR) is 119 cm³/mol. The number of fused-ring (bicyclic) bond motifs is 1. The third kappa shape index (κ3) is 4.65. The number of aryl methyl sites for hydroxylation is 2. The molecule has 4 nitrogen and oxygen atoms in total. The molecule has 1 aliphatic rings. The normalized spacial score (nSPS) is 15.7. The molecule has 1 N–H and O–H groups in total. The number of nitrogens with one attached hydrogen (secondary N) is 1. The summed E-state index contributed by atoms with van der Waals surface area (Å²) in [5.41, 5.74) is 4.89. The molecular weight excluding hydrogens is 382 g/mol. The molecule has 2 heterocycles. The van der Waals surface area contributed by atoms with E-state index in [9.17, 15) is 4.79 Å². The van der Waals surface area contributed by atoms with Gasteiger partial charge in [-0.2, -0.15) is 0 Å². The average Bonchev–Trinajstić information content (AvgIpc) is 3.02. The number of benzene rings is 2. The van der Waals surface area contributed by atoms with Crippen molar-refractivity contribution < 1.29 is 4.79 Å². The summed E-state index contributed by atoms with van der Waals surface area (Å²) >= 11 is 6.21. The van der Waals surface area contributed by atoms with Gasteiger partial charge in [0.25, 0.3) is 0 Å². The van der Waals surface area contributed by atoms with E-state index < -0.39 is 0 Å². The van der Waals surface area contributed by atoms with Crippen LogP contribution in [0.15, 0.2) is 48.7 Å². The lowest BCUT2D eigenvalue weighted by Crippen LogP contribution is -2.40. The van der Waals surface area contributed by atoms with Crippen molar-refractivity contribution in [1.29, 1.82) is 0 Å². The number of carbonyl (C=O) groups excluding carboxylic acids is 1. The standard InChI is InChI=1S/C24H28ClN3O/c1-17-3-5-18(6-4-17)14-26-24(29)19-9-11-28(12-10-19)16-20-15-27(2)23-8-7-21(25)13-22(20)23/h3-8,13,15,19H,9-12,14,16H2,1-2H3,(H,26,29). The molecule has 1 saturated heterocycles. The number of nitrogens with zero attached hydrogens (tertiary/aromatic N) is 2. The Morgan fingerprint density at radius 3 is 2.59 bits per heavy atom. The first-order chi connectivity index (χ1) is 14.0. The summed E-state index contributed by atoms with van der Waals surface area (Å²) in [4.78, 5) is 15.0. The molecule has 0 saturated carbocycles. The van der Waals surface area contributed by atoms with Crippen LogP contribution in [-0.2, 0) is 24.9 Å². The summed E-state index contributed by atoms with van der Waals surface area (Å²) in [6.07, 6.45) is 4.01. The van der Waals surface area contributed by atoms with E-state index >= 15 is 0 Å². The number of rotatable bonds is 5. The van der Waals surface area contributed by atoms with Crippen molar-refractivity contribution in [3.05, 3.63) is 70.4 Å². The van der Waals surface area contributed by atoms with Crippen molar-refractivity contribution in [3.8, 4) is 0 Å². The fourth-order valence-corrected chi connectivity index (χ4v) is 4.38. The van der Waals surface area contributed by atoms with Crippen molar-refractivity contribution in [2.24, 2.45) is 13.0 Å². The van der Waals surface area contributed by atoms with Crippen LogP contribution >= 0.6 is 11.6 Å². The Morgan fingerprint density at radius 1 is 1.14 bits per heavy atom. The van der Waals surface area contributed by atoms with Crippen LogP contribution in [0.25, 0.3) is 10.9 Å². The Bertz CT molecular complexity index is 1000. The smallest absolute Gasteiger partial charge is 0.223 e. The van der Waals surface area contributed by atoms with Crippen LogP contribution in [0.2, 0.25) is 5.02 Å². The Labute approximate surface area is 177 Å². The van der Waals surface area contributed by atoms with Crippen LogP contribution in [0.5, 0.6) is 0 Å². The van der Waals surface area contributed by atoms with Gasteiger partial charge in [-0.3, -0.25) is 9.69 Å². The minimum absolute atomic E-state index is 0.110. The van der Waals surface area contributed by atoms with E-state index in [1.54, 1.807) is 0 Å². The molecule has 1 fully saturated rings. The molecule has 152 valence electrons. The zero-order chi connectivity index (χ0) is 20.4. The molecule has 2 aromatic carbocycles. The molecule has 1 aliphatic heterocycles. The number of hydrogen-bond acceptors (Lipinski definition) is 2. The molecule has 0 unspecified atom stereocenters. The van der Waals surface area contributed by atoms with E-state index in [2.05, 4.69) is 71.4 Å². The predicted octanol–water partition coefficient (Wildman–Crippen LogP) is 4.67. The van der Waals surface area contributed by atoms with Gasteiger partial charge in [0.05, 0.1) is 0 Å². The summed E-state index contributed by atoms with van der Waals surface area (Å²) in [7, 11) is 2.07. The topological polar surface area (TPSA) is 37.3 Å². The van der Waals surface area contributed by atoms with Gasteiger partial charge in [0.1, 0.15) is 0 Å². The lowest BCUT2D eigenvalue weighted by molar-refractivity contribution is -0.126. The molecule has 5 heteroatoms. The monoisotopic (exact) mass is 409 g/mol. The van der Waals surface area contributed by atoms with Crippen molar-refractivity contribution in [2.45, 2.75) is 32.9 Å². The molecular formula is C24H28ClN3O. The van der Waals surface area contributed by atoms with Crippen LogP contribution in [-0.4, -0.2) is 28.5 Å². The average molecular weight is 410 g/mol. The highest BCUT2D eigenvalue weighted by molar-refractivity contribution is 6.31. The Kier molecular flexibility index (Phi) is 5.93. The first-order valence-electron chi connectivity index (χ1n) is 10.3. The third-order valence-corrected chi connectivity index (χ3v) is 6.21. The molecule has 4 rings (SSSR count). The highest BCUT2D eigenvalue weighted by Crippen LogP contribution is 2.27. The molecule has 0 atom stereocenters. The lowest BCUT2D eigenvalue weighted by atomic mass is 9.95. The van der Waals surface area contributed by atoms with E-state index in [1.165, 1.54) is 22.0 Å². The largest absolute Gasteiger partial charge is 0.352 e. The number of amides is 1. The summed E-state index contributed by atoms with van der Waals surface area (Å²) in [5.74, 6) is 0.292. The maximum absolute atomic E-state index is 12.6. The first-order valence-corrected chi connectivity index (χ1v) is 10.7. The molecule has 0 aliphatic carbocycles. The van der Waals surface area contributed by atoms with Crippen molar-refractivity contribution in [1.82, 2.24) is 14.8 Å². The van der Waals surface area contributed by atoms with Crippen LogP contribution < -0.4 is 5.32 Å². The first kappa shape index (κ1) is 20.0. The van der Waals surface area contributed by atoms with Crippen LogP contribution in [0, 0.1) is 12.8 Å². The summed E-state index contributed by atoms with van der Waals surface area (Å²) in [6, 6.07) is 14.4. The summed E-state index contributed by atoms with van der Waals surface area (Å²) in [6.45, 7) is 5.47. The SMILES string of the molecule is Cc1ccc(CNC(=O)C2CCN(Cc3cn(C)c4ccc(Cl)cc34)CC2)cc1. The van der Waals surface area contributed by atoms with Gasteiger partial charge < -0.3 is 9.88 Å². The van der Waals surface area contributed by atoms with E-state index in [4.69, 9.17) is 11.6 Å². The minimum atomic E-state index is 0.110. The number of aromatic nitrogens is 1. The number of carbonyl (C=O) groups is 1. The highest BCUT2D eigenvalue weighted by Gasteiger charge is 2.25. The zero-order valence-corrected chi connectivity index (χ0v) is 17.9. The van der Waals surface area contributed by atoms with E-state index in [1.807, 2.05) is 6.07 Å². The Morgan fingerprint density at radius 2 is 1.86 bits per heavy atom. The van der Waals surface area contributed by atoms with Gasteiger partial charge in [-0.05, 0) is 62.2 Å². The molecule has 1 amide bonds. The van der Waals surface area contributed by atoms with Crippen molar-refractivity contribution >= 4 is 28.4 Å². The molecule has 0 bridgehead atoms. The molecule has 3 aromatic rings. The minimum Gasteiger partial charge on any atom is -0.352 e. The third-order valence-electron chi connectivity index (χ3n) is 5.97. The Hall–Kier alpha value is -2.30. The molecule has 0 radical (unpaired) electrons. The quantitative estimate of drug-likeness (QED) is 0.664. The van der Waals surface area contributed by atoms with E-state index in [0.29, 0.717) is 6.54 Å². The van der Waals surface area contributed by atoms with Crippen molar-refractivity contribution in [3.63, 3.8) is 0 Å². The highest BCUT2D eigenvalue weighted by atomic mass is 35.5. The van der Waals surface area contributed by atoms with Crippen LogP contribution in [0.3, 0.4) is 0 Å². The second-order valence-corrected chi connectivity index (χ2v) is 8.62. The maximum atomic E-state index is 12.6. The molecule has 1 aromatic heterocycles.